The van der Waals surface area contributed by atoms with Crippen LogP contribution in [0.1, 0.15) is 39.0 Å². The molecule has 4 aliphatic carbocycles. The van der Waals surface area contributed by atoms with Crippen molar-refractivity contribution in [3.8, 4) is 0 Å². The highest BCUT2D eigenvalue weighted by atomic mass is 16.5. The lowest BCUT2D eigenvalue weighted by atomic mass is 9.48. The van der Waals surface area contributed by atoms with Gasteiger partial charge in [-0.15, -0.1) is 0 Å². The van der Waals surface area contributed by atoms with E-state index >= 15 is 0 Å². The molecule has 0 radical (unpaired) electrons. The summed E-state index contributed by atoms with van der Waals surface area (Å²) in [5.41, 5.74) is -0.489. The Balaban J connectivity index is 1.89. The van der Waals surface area contributed by atoms with E-state index in [0.29, 0.717) is 5.92 Å². The zero-order valence-corrected chi connectivity index (χ0v) is 11.7. The Kier molecular flexibility index (Phi) is 2.92. The fourth-order valence-electron chi connectivity index (χ4n) is 5.48. The lowest BCUT2D eigenvalue weighted by Gasteiger charge is -2.58. The Bertz CT molecular complexity index is 326. The molecule has 1 atom stereocenters. The standard InChI is InChI=1S/C15H25NO2/c1-15(16-2,14(17)18-3)13-11-5-9-4-10(7-11)8-12(13)6-9/h9-13,16H,4-8H2,1-3H3. The minimum atomic E-state index is -0.489. The molecular weight excluding hydrogens is 226 g/mol. The first-order valence-corrected chi connectivity index (χ1v) is 7.35. The molecule has 102 valence electrons. The molecular formula is C15H25NO2. The van der Waals surface area contributed by atoms with Gasteiger partial charge in [0.25, 0.3) is 0 Å². The van der Waals surface area contributed by atoms with Crippen LogP contribution in [0.5, 0.6) is 0 Å². The predicted molar refractivity (Wildman–Crippen MR) is 70.0 cm³/mol. The molecule has 3 nitrogen and oxygen atoms in total. The van der Waals surface area contributed by atoms with Crippen molar-refractivity contribution in [2.45, 2.75) is 44.6 Å². The highest BCUT2D eigenvalue weighted by Crippen LogP contribution is 2.59. The zero-order chi connectivity index (χ0) is 12.9. The monoisotopic (exact) mass is 251 g/mol. The van der Waals surface area contributed by atoms with E-state index in [4.69, 9.17) is 4.74 Å². The van der Waals surface area contributed by atoms with Crippen LogP contribution >= 0.6 is 0 Å². The molecule has 0 aromatic carbocycles. The van der Waals surface area contributed by atoms with Gasteiger partial charge in [-0.05, 0) is 75.7 Å². The van der Waals surface area contributed by atoms with Crippen LogP contribution in [0.4, 0.5) is 0 Å². The molecule has 3 heteroatoms. The number of carbonyl (C=O) groups is 1. The van der Waals surface area contributed by atoms with Crippen molar-refractivity contribution in [3.63, 3.8) is 0 Å². The van der Waals surface area contributed by atoms with Gasteiger partial charge in [0, 0.05) is 0 Å². The van der Waals surface area contributed by atoms with Gasteiger partial charge in [0.15, 0.2) is 0 Å². The van der Waals surface area contributed by atoms with Crippen molar-refractivity contribution < 1.29 is 9.53 Å². The van der Waals surface area contributed by atoms with Gasteiger partial charge in [-0.25, -0.2) is 0 Å². The number of ether oxygens (including phenoxy) is 1. The summed E-state index contributed by atoms with van der Waals surface area (Å²) in [5.74, 6) is 3.76. The average Bonchev–Trinajstić information content (AvgIpc) is 2.36. The normalized spacial score (nSPS) is 44.7. The second kappa shape index (κ2) is 4.22. The number of esters is 1. The van der Waals surface area contributed by atoms with Crippen molar-refractivity contribution in [1.82, 2.24) is 5.32 Å². The van der Waals surface area contributed by atoms with Gasteiger partial charge in [0.1, 0.15) is 5.54 Å². The summed E-state index contributed by atoms with van der Waals surface area (Å²) in [5, 5.41) is 3.28. The first-order chi connectivity index (χ1) is 8.58. The number of hydrogen-bond acceptors (Lipinski definition) is 3. The van der Waals surface area contributed by atoms with Gasteiger partial charge in [-0.1, -0.05) is 0 Å². The predicted octanol–water partition coefficient (Wildman–Crippen LogP) is 2.21. The third-order valence-corrected chi connectivity index (χ3v) is 6.02. The molecule has 1 N–H and O–H groups in total. The molecule has 4 rings (SSSR count). The maximum atomic E-state index is 12.2. The smallest absolute Gasteiger partial charge is 0.326 e. The van der Waals surface area contributed by atoms with Crippen molar-refractivity contribution in [1.29, 1.82) is 0 Å². The molecule has 18 heavy (non-hydrogen) atoms. The lowest BCUT2D eigenvalue weighted by molar-refractivity contribution is -0.159. The van der Waals surface area contributed by atoms with E-state index < -0.39 is 5.54 Å². The number of carbonyl (C=O) groups excluding carboxylic acids is 1. The average molecular weight is 251 g/mol. The number of nitrogens with one attached hydrogen (secondary N) is 1. The van der Waals surface area contributed by atoms with E-state index in [1.165, 1.54) is 39.2 Å². The largest absolute Gasteiger partial charge is 0.468 e. The molecule has 4 fully saturated rings. The minimum Gasteiger partial charge on any atom is -0.468 e. The Hall–Kier alpha value is -0.570. The van der Waals surface area contributed by atoms with Gasteiger partial charge >= 0.3 is 5.97 Å². The van der Waals surface area contributed by atoms with Crippen LogP contribution in [0.2, 0.25) is 0 Å². The quantitative estimate of drug-likeness (QED) is 0.782. The van der Waals surface area contributed by atoms with Crippen LogP contribution < -0.4 is 5.32 Å². The molecule has 1 unspecified atom stereocenters. The summed E-state index contributed by atoms with van der Waals surface area (Å²) in [4.78, 5) is 12.2. The maximum absolute atomic E-state index is 12.2. The van der Waals surface area contributed by atoms with Gasteiger partial charge in [-0.3, -0.25) is 4.79 Å². The molecule has 0 aromatic rings. The van der Waals surface area contributed by atoms with Crippen molar-refractivity contribution in [2.75, 3.05) is 14.2 Å². The highest BCUT2D eigenvalue weighted by Gasteiger charge is 2.56. The fraction of sp³-hybridized carbons (Fsp3) is 0.933. The highest BCUT2D eigenvalue weighted by molar-refractivity contribution is 5.80. The Morgan fingerprint density at radius 1 is 1.11 bits per heavy atom. The summed E-state index contributed by atoms with van der Waals surface area (Å²) in [7, 11) is 3.41. The maximum Gasteiger partial charge on any atom is 0.326 e. The van der Waals surface area contributed by atoms with Crippen LogP contribution in [0, 0.1) is 29.6 Å². The van der Waals surface area contributed by atoms with Gasteiger partial charge in [0.2, 0.25) is 0 Å². The van der Waals surface area contributed by atoms with E-state index in [2.05, 4.69) is 5.32 Å². The summed E-state index contributed by atoms with van der Waals surface area (Å²) >= 11 is 0. The number of likely N-dealkylation sites (N-methyl/N-ethyl adjacent to an activating group) is 1. The van der Waals surface area contributed by atoms with Gasteiger partial charge in [0.05, 0.1) is 7.11 Å². The van der Waals surface area contributed by atoms with Gasteiger partial charge < -0.3 is 10.1 Å². The lowest BCUT2D eigenvalue weighted by Crippen LogP contribution is -2.62. The number of rotatable bonds is 3. The van der Waals surface area contributed by atoms with Crippen molar-refractivity contribution in [2.24, 2.45) is 29.6 Å². The summed E-state index contributed by atoms with van der Waals surface area (Å²) in [6.07, 6.45) is 6.81. The third-order valence-electron chi connectivity index (χ3n) is 6.02. The second-order valence-corrected chi connectivity index (χ2v) is 6.90. The second-order valence-electron chi connectivity index (χ2n) is 6.90. The van der Waals surface area contributed by atoms with Gasteiger partial charge in [-0.2, -0.15) is 0 Å². The van der Waals surface area contributed by atoms with E-state index in [0.717, 1.165) is 23.7 Å². The van der Waals surface area contributed by atoms with Crippen LogP contribution in [0.3, 0.4) is 0 Å². The molecule has 0 amide bonds. The van der Waals surface area contributed by atoms with Crippen LogP contribution in [-0.2, 0) is 9.53 Å². The molecule has 0 saturated heterocycles. The van der Waals surface area contributed by atoms with E-state index in [9.17, 15) is 4.79 Å². The van der Waals surface area contributed by atoms with Crippen molar-refractivity contribution in [3.05, 3.63) is 0 Å². The molecule has 4 bridgehead atoms. The van der Waals surface area contributed by atoms with E-state index in [-0.39, 0.29) is 5.97 Å². The Morgan fingerprint density at radius 2 is 1.61 bits per heavy atom. The first kappa shape index (κ1) is 12.5. The van der Waals surface area contributed by atoms with Crippen LogP contribution in [0.15, 0.2) is 0 Å². The zero-order valence-electron chi connectivity index (χ0n) is 11.7. The van der Waals surface area contributed by atoms with Crippen LogP contribution in [-0.4, -0.2) is 25.7 Å². The van der Waals surface area contributed by atoms with Crippen molar-refractivity contribution >= 4 is 5.97 Å². The topological polar surface area (TPSA) is 38.3 Å². The SMILES string of the molecule is CNC(C)(C(=O)OC)C1C2CC3CC(C2)CC1C3. The minimum absolute atomic E-state index is 0.0810. The third kappa shape index (κ3) is 1.63. The Morgan fingerprint density at radius 3 is 2.00 bits per heavy atom. The van der Waals surface area contributed by atoms with E-state index in [1.54, 1.807) is 0 Å². The van der Waals surface area contributed by atoms with E-state index in [1.807, 2.05) is 14.0 Å². The number of hydrogen-bond donors (Lipinski definition) is 1. The summed E-state index contributed by atoms with van der Waals surface area (Å²) < 4.78 is 5.06. The first-order valence-electron chi connectivity index (χ1n) is 7.35. The Labute approximate surface area is 110 Å². The summed E-state index contributed by atoms with van der Waals surface area (Å²) in [6, 6.07) is 0. The molecule has 0 aromatic heterocycles. The van der Waals surface area contributed by atoms with Crippen LogP contribution in [0.25, 0.3) is 0 Å². The molecule has 0 spiro atoms. The fourth-order valence-corrected chi connectivity index (χ4v) is 5.48. The molecule has 4 aliphatic rings. The molecule has 0 aliphatic heterocycles. The number of methoxy groups -OCH3 is 1. The molecule has 0 heterocycles. The molecule has 4 saturated carbocycles. The summed E-state index contributed by atoms with van der Waals surface area (Å²) in [6.45, 7) is 2.05.